The summed E-state index contributed by atoms with van der Waals surface area (Å²) in [5, 5.41) is 4.04. The van der Waals surface area contributed by atoms with Crippen LogP contribution in [-0.4, -0.2) is 90.9 Å². The Kier molecular flexibility index (Phi) is 16.3. The molecule has 4 rings (SSSR count). The Labute approximate surface area is 265 Å². The molecule has 0 saturated carbocycles. The lowest BCUT2D eigenvalue weighted by Crippen LogP contribution is -2.35. The van der Waals surface area contributed by atoms with Crippen LogP contribution in [0.15, 0.2) is 66.7 Å². The highest BCUT2D eigenvalue weighted by atomic mass is 31.2. The van der Waals surface area contributed by atoms with Gasteiger partial charge in [0, 0.05) is 57.8 Å². The molecule has 0 aliphatic carbocycles. The predicted molar refractivity (Wildman–Crippen MR) is 177 cm³/mol. The fourth-order valence-corrected chi connectivity index (χ4v) is 5.27. The second kappa shape index (κ2) is 19.6. The van der Waals surface area contributed by atoms with Crippen molar-refractivity contribution < 1.29 is 33.4 Å². The smallest absolute Gasteiger partial charge is 0.251 e. The van der Waals surface area contributed by atoms with Crippen LogP contribution in [0.3, 0.4) is 0 Å². The molecule has 0 aromatic heterocycles. The first-order chi connectivity index (χ1) is 21.5. The third kappa shape index (κ3) is 12.3. The number of carbonyl (C=O) groups is 4. The molecule has 10 nitrogen and oxygen atoms in total. The van der Waals surface area contributed by atoms with E-state index in [-0.39, 0.29) is 17.4 Å². The van der Waals surface area contributed by atoms with Crippen LogP contribution < -0.4 is 10.2 Å². The van der Waals surface area contributed by atoms with Gasteiger partial charge in [0.05, 0.1) is 0 Å². The Hall–Kier alpha value is -3.76. The zero-order valence-corrected chi connectivity index (χ0v) is 27.2. The van der Waals surface area contributed by atoms with Gasteiger partial charge in [-0.3, -0.25) is 14.4 Å². The van der Waals surface area contributed by atoms with E-state index in [1.54, 1.807) is 43.1 Å². The second-order valence-electron chi connectivity index (χ2n) is 10.6. The van der Waals surface area contributed by atoms with Gasteiger partial charge < -0.3 is 34.6 Å². The highest BCUT2D eigenvalue weighted by molar-refractivity contribution is 7.45. The number of hydrogen-bond donors (Lipinski definition) is 3. The van der Waals surface area contributed by atoms with Crippen LogP contribution in [0.5, 0.6) is 0 Å². The van der Waals surface area contributed by atoms with Crippen LogP contribution in [0.4, 0.5) is 10.1 Å². The van der Waals surface area contributed by atoms with Gasteiger partial charge in [0.1, 0.15) is 6.29 Å². The van der Waals surface area contributed by atoms with Gasteiger partial charge in [-0.05, 0) is 79.5 Å². The number of carbonyl (C=O) groups excluding carboxylic acids is 4. The zero-order chi connectivity index (χ0) is 33.4. The SMILES string of the molecule is CC(=O)N(CCC=O)CCC1CCCN1C.CN(C=O)c1ccccc1.CNC(=O)c1ccc2ccc(C(F)P(O)O)cc2c1. The normalized spacial score (nSPS) is 14.8. The summed E-state index contributed by atoms with van der Waals surface area (Å²) in [6, 6.07) is 19.9. The molecule has 3 aromatic rings. The Balaban J connectivity index is 0.000000246. The lowest BCUT2D eigenvalue weighted by atomic mass is 10.0. The first-order valence-electron chi connectivity index (χ1n) is 14.7. The molecule has 1 heterocycles. The molecule has 3 amide bonds. The lowest BCUT2D eigenvalue weighted by Gasteiger charge is -2.25. The highest BCUT2D eigenvalue weighted by Gasteiger charge is 2.22. The van der Waals surface area contributed by atoms with Gasteiger partial charge in [-0.15, -0.1) is 0 Å². The molecule has 2 atom stereocenters. The second-order valence-corrected chi connectivity index (χ2v) is 11.7. The van der Waals surface area contributed by atoms with Gasteiger partial charge in [0.2, 0.25) is 20.7 Å². The topological polar surface area (TPSA) is 130 Å². The van der Waals surface area contributed by atoms with E-state index >= 15 is 0 Å². The molecular formula is C33H44FN4O6P. The van der Waals surface area contributed by atoms with Crippen molar-refractivity contribution in [3.63, 3.8) is 0 Å². The largest absolute Gasteiger partial charge is 0.355 e. The average Bonchev–Trinajstić information content (AvgIpc) is 3.47. The number of halogens is 1. The number of likely N-dealkylation sites (tertiary alicyclic amines) is 1. The fraction of sp³-hybridized carbons (Fsp3) is 0.394. The fourth-order valence-electron chi connectivity index (χ4n) is 4.84. The van der Waals surface area contributed by atoms with Gasteiger partial charge in [0.15, 0.2) is 5.91 Å². The molecule has 45 heavy (non-hydrogen) atoms. The third-order valence-electron chi connectivity index (χ3n) is 7.52. The third-order valence-corrected chi connectivity index (χ3v) is 8.22. The Morgan fingerprint density at radius 3 is 2.31 bits per heavy atom. The molecule has 1 aliphatic rings. The number of rotatable bonds is 11. The minimum atomic E-state index is -2.66. The summed E-state index contributed by atoms with van der Waals surface area (Å²) in [5.41, 5.74) is 1.58. The van der Waals surface area contributed by atoms with Crippen LogP contribution in [0.1, 0.15) is 54.4 Å². The summed E-state index contributed by atoms with van der Waals surface area (Å²) in [6.07, 6.45) is 5.62. The summed E-state index contributed by atoms with van der Waals surface area (Å²) in [6.45, 7) is 4.08. The van der Waals surface area contributed by atoms with Gasteiger partial charge in [-0.1, -0.05) is 36.4 Å². The Bertz CT molecular complexity index is 1380. The monoisotopic (exact) mass is 642 g/mol. The minimum absolute atomic E-state index is 0.0718. The Morgan fingerprint density at radius 1 is 1.07 bits per heavy atom. The summed E-state index contributed by atoms with van der Waals surface area (Å²) in [7, 11) is 2.74. The van der Waals surface area contributed by atoms with Gasteiger partial charge in [-0.25, -0.2) is 4.39 Å². The van der Waals surface area contributed by atoms with E-state index in [4.69, 9.17) is 9.79 Å². The van der Waals surface area contributed by atoms with Crippen molar-refractivity contribution in [2.45, 2.75) is 44.6 Å². The number of benzene rings is 3. The number of para-hydroxylation sites is 1. The molecule has 2 unspecified atom stereocenters. The van der Waals surface area contributed by atoms with E-state index in [1.165, 1.54) is 43.5 Å². The molecule has 244 valence electrons. The Morgan fingerprint density at radius 2 is 1.76 bits per heavy atom. The van der Waals surface area contributed by atoms with Crippen molar-refractivity contribution >= 4 is 49.3 Å². The molecule has 1 fully saturated rings. The standard InChI is InChI=1S/C13H13FNO3P.C12H22N2O2.C8H9NO/c1-15-13(16)10-5-3-8-2-4-9(6-11(8)7-10)12(14)19(17)18;1-11(16)14(8-4-10-15)9-6-12-5-3-7-13(12)2;1-9(7-10)8-5-3-2-4-6-8/h2-7,12,17-18H,1H3,(H,15,16);10,12H,3-9H2,1-2H3;2-7H,1H3. The molecule has 0 bridgehead atoms. The van der Waals surface area contributed by atoms with Crippen molar-refractivity contribution in [1.29, 1.82) is 0 Å². The van der Waals surface area contributed by atoms with Gasteiger partial charge >= 0.3 is 0 Å². The van der Waals surface area contributed by atoms with E-state index in [9.17, 15) is 23.6 Å². The summed E-state index contributed by atoms with van der Waals surface area (Å²) in [4.78, 5) is 66.9. The maximum absolute atomic E-state index is 13.6. The van der Waals surface area contributed by atoms with E-state index in [2.05, 4.69) is 17.3 Å². The number of fused-ring (bicyclic) bond motifs is 1. The number of amides is 3. The van der Waals surface area contributed by atoms with Crippen LogP contribution in [0.2, 0.25) is 0 Å². The number of nitrogens with zero attached hydrogens (tertiary/aromatic N) is 3. The average molecular weight is 643 g/mol. The number of anilines is 1. The van der Waals surface area contributed by atoms with Gasteiger partial charge in [-0.2, -0.15) is 0 Å². The lowest BCUT2D eigenvalue weighted by molar-refractivity contribution is -0.129. The summed E-state index contributed by atoms with van der Waals surface area (Å²) in [5.74, 6) is -1.96. The van der Waals surface area contributed by atoms with E-state index < -0.39 is 14.3 Å². The molecule has 1 saturated heterocycles. The maximum atomic E-state index is 13.6. The summed E-state index contributed by atoms with van der Waals surface area (Å²) < 4.78 is 13.6. The molecule has 3 N–H and O–H groups in total. The molecule has 3 aromatic carbocycles. The van der Waals surface area contributed by atoms with Crippen molar-refractivity contribution in [2.75, 3.05) is 45.7 Å². The van der Waals surface area contributed by atoms with E-state index in [1.807, 2.05) is 30.3 Å². The van der Waals surface area contributed by atoms with E-state index in [0.717, 1.165) is 36.7 Å². The maximum Gasteiger partial charge on any atom is 0.251 e. The van der Waals surface area contributed by atoms with Crippen LogP contribution >= 0.6 is 8.38 Å². The quantitative estimate of drug-likeness (QED) is 0.205. The minimum Gasteiger partial charge on any atom is -0.355 e. The van der Waals surface area contributed by atoms with Crippen LogP contribution in [0, 0.1) is 0 Å². The predicted octanol–water partition coefficient (Wildman–Crippen LogP) is 4.65. The first-order valence-corrected chi connectivity index (χ1v) is 16.0. The number of aldehydes is 1. The molecule has 1 aliphatic heterocycles. The van der Waals surface area contributed by atoms with Crippen LogP contribution in [-0.2, 0) is 14.4 Å². The summed E-state index contributed by atoms with van der Waals surface area (Å²) >= 11 is 0. The van der Waals surface area contributed by atoms with Crippen molar-refractivity contribution in [3.05, 3.63) is 77.9 Å². The molecule has 0 spiro atoms. The van der Waals surface area contributed by atoms with E-state index in [0.29, 0.717) is 30.0 Å². The molecular weight excluding hydrogens is 598 g/mol. The molecule has 0 radical (unpaired) electrons. The zero-order valence-electron chi connectivity index (χ0n) is 26.3. The molecule has 12 heteroatoms. The van der Waals surface area contributed by atoms with Crippen LogP contribution in [0.25, 0.3) is 10.8 Å². The highest BCUT2D eigenvalue weighted by Crippen LogP contribution is 2.45. The number of alkyl halides is 1. The number of nitrogens with one attached hydrogen (secondary N) is 1. The first kappa shape index (κ1) is 37.4. The number of hydrogen-bond acceptors (Lipinski definition) is 7. The van der Waals surface area contributed by atoms with Crippen molar-refractivity contribution in [2.24, 2.45) is 0 Å². The van der Waals surface area contributed by atoms with Crippen molar-refractivity contribution in [3.8, 4) is 0 Å². The van der Waals surface area contributed by atoms with Crippen molar-refractivity contribution in [1.82, 2.24) is 15.1 Å². The van der Waals surface area contributed by atoms with Gasteiger partial charge in [0.25, 0.3) is 5.91 Å².